The van der Waals surface area contributed by atoms with Crippen molar-refractivity contribution in [3.8, 4) is 0 Å². The molecular weight excluding hydrogens is 268 g/mol. The lowest BCUT2D eigenvalue weighted by Crippen LogP contribution is -2.29. The SMILES string of the molecule is CN(C)c1ccc(NC(=O)C2CCC(C(=O)O)CC2)cc1. The van der Waals surface area contributed by atoms with Crippen molar-refractivity contribution in [1.82, 2.24) is 0 Å². The first kappa shape index (κ1) is 15.4. The van der Waals surface area contributed by atoms with Crippen molar-refractivity contribution in [3.63, 3.8) is 0 Å². The van der Waals surface area contributed by atoms with Crippen LogP contribution in [0.15, 0.2) is 24.3 Å². The lowest BCUT2D eigenvalue weighted by Gasteiger charge is -2.25. The second-order valence-corrected chi connectivity index (χ2v) is 5.82. The van der Waals surface area contributed by atoms with Gasteiger partial charge in [0.05, 0.1) is 5.92 Å². The Labute approximate surface area is 125 Å². The Morgan fingerprint density at radius 2 is 1.57 bits per heavy atom. The van der Waals surface area contributed by atoms with E-state index in [0.29, 0.717) is 25.7 Å². The fourth-order valence-electron chi connectivity index (χ4n) is 2.69. The molecule has 0 radical (unpaired) electrons. The fourth-order valence-corrected chi connectivity index (χ4v) is 2.69. The number of anilines is 2. The number of carboxylic acids is 1. The summed E-state index contributed by atoms with van der Waals surface area (Å²) in [5.41, 5.74) is 1.86. The van der Waals surface area contributed by atoms with Gasteiger partial charge >= 0.3 is 5.97 Å². The summed E-state index contributed by atoms with van der Waals surface area (Å²) in [6.07, 6.45) is 2.48. The zero-order valence-electron chi connectivity index (χ0n) is 12.5. The van der Waals surface area contributed by atoms with Crippen LogP contribution < -0.4 is 10.2 Å². The molecule has 0 spiro atoms. The van der Waals surface area contributed by atoms with Gasteiger partial charge in [0.1, 0.15) is 0 Å². The van der Waals surface area contributed by atoms with E-state index in [9.17, 15) is 9.59 Å². The van der Waals surface area contributed by atoms with Gasteiger partial charge in [-0.15, -0.1) is 0 Å². The van der Waals surface area contributed by atoms with Crippen molar-refractivity contribution in [1.29, 1.82) is 0 Å². The van der Waals surface area contributed by atoms with Crippen LogP contribution in [-0.2, 0) is 9.59 Å². The summed E-state index contributed by atoms with van der Waals surface area (Å²) >= 11 is 0. The van der Waals surface area contributed by atoms with E-state index in [-0.39, 0.29) is 17.7 Å². The van der Waals surface area contributed by atoms with Gasteiger partial charge in [-0.05, 0) is 49.9 Å². The summed E-state index contributed by atoms with van der Waals surface area (Å²) in [6.45, 7) is 0. The molecule has 0 aromatic heterocycles. The molecule has 0 heterocycles. The second-order valence-electron chi connectivity index (χ2n) is 5.82. The summed E-state index contributed by atoms with van der Waals surface area (Å²) < 4.78 is 0. The van der Waals surface area contributed by atoms with Gasteiger partial charge < -0.3 is 15.3 Å². The molecule has 0 saturated heterocycles. The van der Waals surface area contributed by atoms with Crippen LogP contribution >= 0.6 is 0 Å². The van der Waals surface area contributed by atoms with Crippen LogP contribution in [0, 0.1) is 11.8 Å². The van der Waals surface area contributed by atoms with Crippen LogP contribution in [0.3, 0.4) is 0 Å². The number of rotatable bonds is 4. The summed E-state index contributed by atoms with van der Waals surface area (Å²) in [6, 6.07) is 7.68. The number of hydrogen-bond donors (Lipinski definition) is 2. The molecule has 0 aliphatic heterocycles. The number of nitrogens with zero attached hydrogens (tertiary/aromatic N) is 1. The van der Waals surface area contributed by atoms with Crippen LogP contribution in [0.2, 0.25) is 0 Å². The van der Waals surface area contributed by atoms with E-state index in [0.717, 1.165) is 11.4 Å². The quantitative estimate of drug-likeness (QED) is 0.894. The van der Waals surface area contributed by atoms with Crippen LogP contribution in [0.1, 0.15) is 25.7 Å². The third kappa shape index (κ3) is 3.97. The average molecular weight is 290 g/mol. The number of hydrogen-bond acceptors (Lipinski definition) is 3. The van der Waals surface area contributed by atoms with E-state index < -0.39 is 5.97 Å². The van der Waals surface area contributed by atoms with E-state index in [1.165, 1.54) is 0 Å². The molecule has 1 saturated carbocycles. The standard InChI is InChI=1S/C16H22N2O3/c1-18(2)14-9-7-13(8-10-14)17-15(19)11-3-5-12(6-4-11)16(20)21/h7-12H,3-6H2,1-2H3,(H,17,19)(H,20,21). The van der Waals surface area contributed by atoms with Crippen LogP contribution in [0.25, 0.3) is 0 Å². The third-order valence-corrected chi connectivity index (χ3v) is 4.10. The molecule has 1 aromatic rings. The number of benzene rings is 1. The Hall–Kier alpha value is -2.04. The predicted octanol–water partition coefficient (Wildman–Crippen LogP) is 2.58. The molecule has 1 fully saturated rings. The molecule has 21 heavy (non-hydrogen) atoms. The Morgan fingerprint density at radius 3 is 2.05 bits per heavy atom. The van der Waals surface area contributed by atoms with E-state index in [4.69, 9.17) is 5.11 Å². The van der Waals surface area contributed by atoms with E-state index in [1.54, 1.807) is 0 Å². The zero-order chi connectivity index (χ0) is 15.4. The molecule has 1 amide bonds. The maximum atomic E-state index is 12.2. The predicted molar refractivity (Wildman–Crippen MR) is 82.5 cm³/mol. The van der Waals surface area contributed by atoms with Crippen molar-refractivity contribution >= 4 is 23.3 Å². The van der Waals surface area contributed by atoms with Crippen LogP contribution in [-0.4, -0.2) is 31.1 Å². The number of amides is 1. The van der Waals surface area contributed by atoms with Crippen LogP contribution in [0.5, 0.6) is 0 Å². The summed E-state index contributed by atoms with van der Waals surface area (Å²) in [5, 5.41) is 11.9. The smallest absolute Gasteiger partial charge is 0.306 e. The number of aliphatic carboxylic acids is 1. The van der Waals surface area contributed by atoms with Gasteiger partial charge in [0.2, 0.25) is 5.91 Å². The molecule has 0 bridgehead atoms. The molecule has 2 rings (SSSR count). The van der Waals surface area contributed by atoms with Gasteiger partial charge in [0, 0.05) is 31.4 Å². The molecule has 2 N–H and O–H groups in total. The molecule has 114 valence electrons. The molecule has 1 aliphatic carbocycles. The molecule has 5 heteroatoms. The lowest BCUT2D eigenvalue weighted by molar-refractivity contribution is -0.143. The van der Waals surface area contributed by atoms with Gasteiger partial charge in [0.15, 0.2) is 0 Å². The van der Waals surface area contributed by atoms with Gasteiger partial charge in [-0.3, -0.25) is 9.59 Å². The Morgan fingerprint density at radius 1 is 1.05 bits per heavy atom. The number of carboxylic acid groups (broad SMARTS) is 1. The van der Waals surface area contributed by atoms with Crippen LogP contribution in [0.4, 0.5) is 11.4 Å². The molecule has 1 aliphatic rings. The van der Waals surface area contributed by atoms with Gasteiger partial charge in [0.25, 0.3) is 0 Å². The number of carbonyl (C=O) groups excluding carboxylic acids is 1. The number of nitrogens with one attached hydrogen (secondary N) is 1. The fraction of sp³-hybridized carbons (Fsp3) is 0.500. The normalized spacial score (nSPS) is 21.6. The zero-order valence-corrected chi connectivity index (χ0v) is 12.5. The minimum absolute atomic E-state index is 0.00329. The highest BCUT2D eigenvalue weighted by Crippen LogP contribution is 2.30. The van der Waals surface area contributed by atoms with E-state index in [1.807, 2.05) is 43.3 Å². The van der Waals surface area contributed by atoms with Gasteiger partial charge in [-0.2, -0.15) is 0 Å². The van der Waals surface area contributed by atoms with Gasteiger partial charge in [-0.25, -0.2) is 0 Å². The van der Waals surface area contributed by atoms with Crippen molar-refractivity contribution in [2.75, 3.05) is 24.3 Å². The highest BCUT2D eigenvalue weighted by Gasteiger charge is 2.29. The number of carbonyl (C=O) groups is 2. The average Bonchev–Trinajstić information content (AvgIpc) is 2.47. The summed E-state index contributed by atoms with van der Waals surface area (Å²) in [5.74, 6) is -1.10. The monoisotopic (exact) mass is 290 g/mol. The maximum Gasteiger partial charge on any atom is 0.306 e. The van der Waals surface area contributed by atoms with Crippen molar-refractivity contribution < 1.29 is 14.7 Å². The largest absolute Gasteiger partial charge is 0.481 e. The van der Waals surface area contributed by atoms with E-state index in [2.05, 4.69) is 5.32 Å². The first-order chi connectivity index (χ1) is 9.97. The minimum atomic E-state index is -0.742. The Kier molecular flexibility index (Phi) is 4.83. The molecule has 0 atom stereocenters. The van der Waals surface area contributed by atoms with Gasteiger partial charge in [-0.1, -0.05) is 0 Å². The first-order valence-corrected chi connectivity index (χ1v) is 7.28. The molecular formula is C16H22N2O3. The summed E-state index contributed by atoms with van der Waals surface area (Å²) in [7, 11) is 3.93. The van der Waals surface area contributed by atoms with E-state index >= 15 is 0 Å². The maximum absolute atomic E-state index is 12.2. The summed E-state index contributed by atoms with van der Waals surface area (Å²) in [4.78, 5) is 25.1. The van der Waals surface area contributed by atoms with Crippen molar-refractivity contribution in [2.45, 2.75) is 25.7 Å². The molecule has 5 nitrogen and oxygen atoms in total. The molecule has 1 aromatic carbocycles. The highest BCUT2D eigenvalue weighted by atomic mass is 16.4. The highest BCUT2D eigenvalue weighted by molar-refractivity contribution is 5.92. The molecule has 0 unspecified atom stereocenters. The van der Waals surface area contributed by atoms with Crippen molar-refractivity contribution in [2.24, 2.45) is 11.8 Å². The van der Waals surface area contributed by atoms with Crippen molar-refractivity contribution in [3.05, 3.63) is 24.3 Å². The Bertz CT molecular complexity index is 503. The Balaban J connectivity index is 1.88. The minimum Gasteiger partial charge on any atom is -0.481 e. The first-order valence-electron chi connectivity index (χ1n) is 7.28. The lowest BCUT2D eigenvalue weighted by atomic mass is 9.81. The topological polar surface area (TPSA) is 69.6 Å². The third-order valence-electron chi connectivity index (χ3n) is 4.10. The second kappa shape index (κ2) is 6.61.